The van der Waals surface area contributed by atoms with Gasteiger partial charge in [-0.05, 0) is 18.3 Å². The van der Waals surface area contributed by atoms with Crippen molar-refractivity contribution in [3.05, 3.63) is 0 Å². The quantitative estimate of drug-likeness (QED) is 0.693. The third-order valence-electron chi connectivity index (χ3n) is 2.52. The zero-order valence-corrected chi connectivity index (χ0v) is 9.12. The van der Waals surface area contributed by atoms with Gasteiger partial charge in [-0.3, -0.25) is 4.79 Å². The minimum Gasteiger partial charge on any atom is -0.465 e. The summed E-state index contributed by atoms with van der Waals surface area (Å²) in [6.45, 7) is 2.90. The molecule has 1 fully saturated rings. The van der Waals surface area contributed by atoms with Crippen LogP contribution in [0.5, 0.6) is 0 Å². The second kappa shape index (κ2) is 5.58. The lowest BCUT2D eigenvalue weighted by atomic mass is 10.3. The molecule has 1 rings (SSSR count). The van der Waals surface area contributed by atoms with Crippen LogP contribution >= 0.6 is 0 Å². The van der Waals surface area contributed by atoms with Gasteiger partial charge in [0, 0.05) is 6.54 Å². The number of amides is 1. The Bertz CT molecular complexity index is 242. The van der Waals surface area contributed by atoms with E-state index in [0.717, 1.165) is 6.42 Å². The van der Waals surface area contributed by atoms with Gasteiger partial charge in [0.05, 0.1) is 20.1 Å². The number of esters is 1. The van der Waals surface area contributed by atoms with Gasteiger partial charge >= 0.3 is 12.1 Å². The van der Waals surface area contributed by atoms with Crippen LogP contribution in [-0.4, -0.2) is 32.3 Å². The molecule has 15 heavy (non-hydrogen) atoms. The topological polar surface area (TPSA) is 64.6 Å². The molecule has 0 radical (unpaired) electrons. The van der Waals surface area contributed by atoms with Crippen molar-refractivity contribution in [2.75, 3.05) is 20.3 Å². The Labute approximate surface area is 89.1 Å². The molecule has 0 heterocycles. The normalized spacial score (nSPS) is 23.1. The molecule has 1 N–H and O–H groups in total. The summed E-state index contributed by atoms with van der Waals surface area (Å²) < 4.78 is 9.37. The van der Waals surface area contributed by atoms with Crippen LogP contribution in [0.3, 0.4) is 0 Å². The van der Waals surface area contributed by atoms with Gasteiger partial charge in [-0.15, -0.1) is 0 Å². The molecule has 0 aromatic carbocycles. The number of hydrogen-bond acceptors (Lipinski definition) is 4. The van der Waals surface area contributed by atoms with Crippen LogP contribution < -0.4 is 5.32 Å². The molecule has 0 aromatic heterocycles. The summed E-state index contributed by atoms with van der Waals surface area (Å²) in [4.78, 5) is 21.8. The number of rotatable bonds is 5. The van der Waals surface area contributed by atoms with E-state index in [1.54, 1.807) is 0 Å². The first-order valence-electron chi connectivity index (χ1n) is 5.11. The molecule has 1 saturated carbocycles. The number of carbonyl (C=O) groups excluding carboxylic acids is 2. The summed E-state index contributed by atoms with van der Waals surface area (Å²) in [6.07, 6.45) is 0.808. The highest BCUT2D eigenvalue weighted by atomic mass is 16.5. The summed E-state index contributed by atoms with van der Waals surface area (Å²) in [5.74, 6) is 0.957. The van der Waals surface area contributed by atoms with Gasteiger partial charge in [-0.2, -0.15) is 0 Å². The van der Waals surface area contributed by atoms with E-state index < -0.39 is 6.09 Å². The largest absolute Gasteiger partial charge is 0.465 e. The maximum atomic E-state index is 11.1. The van der Waals surface area contributed by atoms with Crippen LogP contribution in [0.1, 0.15) is 19.8 Å². The molecular formula is C10H17NO4. The third kappa shape index (κ3) is 4.67. The molecule has 1 aliphatic carbocycles. The number of methoxy groups -OCH3 is 1. The third-order valence-corrected chi connectivity index (χ3v) is 2.52. The van der Waals surface area contributed by atoms with Crippen LogP contribution in [0.4, 0.5) is 4.79 Å². The van der Waals surface area contributed by atoms with Crippen molar-refractivity contribution in [1.82, 2.24) is 5.32 Å². The van der Waals surface area contributed by atoms with E-state index in [1.165, 1.54) is 7.11 Å². The van der Waals surface area contributed by atoms with Gasteiger partial charge in [-0.25, -0.2) is 4.79 Å². The smallest absolute Gasteiger partial charge is 0.406 e. The minimum atomic E-state index is -0.529. The Balaban J connectivity index is 1.96. The van der Waals surface area contributed by atoms with E-state index in [-0.39, 0.29) is 18.9 Å². The second-order valence-corrected chi connectivity index (χ2v) is 3.82. The zero-order chi connectivity index (χ0) is 11.3. The number of hydrogen-bond donors (Lipinski definition) is 1. The first-order chi connectivity index (χ1) is 7.13. The molecule has 0 saturated heterocycles. The first-order valence-corrected chi connectivity index (χ1v) is 5.11. The molecule has 0 aliphatic heterocycles. The van der Waals surface area contributed by atoms with Crippen LogP contribution in [0, 0.1) is 11.8 Å². The number of alkyl carbamates (subject to hydrolysis) is 1. The number of nitrogens with one attached hydrogen (secondary N) is 1. The van der Waals surface area contributed by atoms with Gasteiger partial charge in [0.25, 0.3) is 0 Å². The average molecular weight is 215 g/mol. The molecule has 86 valence electrons. The van der Waals surface area contributed by atoms with Gasteiger partial charge in [0.15, 0.2) is 0 Å². The van der Waals surface area contributed by atoms with Crippen molar-refractivity contribution in [2.24, 2.45) is 11.8 Å². The van der Waals surface area contributed by atoms with Crippen LogP contribution in [0.2, 0.25) is 0 Å². The average Bonchev–Trinajstić information content (AvgIpc) is 2.91. The van der Waals surface area contributed by atoms with Gasteiger partial charge in [0.1, 0.15) is 0 Å². The lowest BCUT2D eigenvalue weighted by molar-refractivity contribution is -0.144. The summed E-state index contributed by atoms with van der Waals surface area (Å²) in [7, 11) is 1.28. The van der Waals surface area contributed by atoms with Crippen molar-refractivity contribution in [1.29, 1.82) is 0 Å². The van der Waals surface area contributed by atoms with Gasteiger partial charge < -0.3 is 14.8 Å². The fraction of sp³-hybridized carbons (Fsp3) is 0.800. The molecule has 1 aliphatic rings. The first kappa shape index (κ1) is 11.8. The van der Waals surface area contributed by atoms with Crippen molar-refractivity contribution in [3.8, 4) is 0 Å². The van der Waals surface area contributed by atoms with E-state index in [0.29, 0.717) is 18.4 Å². The van der Waals surface area contributed by atoms with E-state index in [1.807, 2.05) is 0 Å². The van der Waals surface area contributed by atoms with Crippen molar-refractivity contribution < 1.29 is 19.1 Å². The maximum absolute atomic E-state index is 11.1. The fourth-order valence-corrected chi connectivity index (χ4v) is 1.24. The molecule has 0 aromatic rings. The Morgan fingerprint density at radius 1 is 1.47 bits per heavy atom. The predicted octanol–water partition coefficient (Wildman–Crippen LogP) is 0.932. The number of ether oxygens (including phenoxy) is 2. The standard InChI is InChI=1S/C10H17NO4/c1-7-5-8(7)6-15-9(12)3-4-11-10(13)14-2/h7-8H,3-6H2,1-2H3,(H,11,13)/t7-,8+/m0/s1. The second-order valence-electron chi connectivity index (χ2n) is 3.82. The van der Waals surface area contributed by atoms with E-state index >= 15 is 0 Å². The summed E-state index contributed by atoms with van der Waals surface area (Å²) in [5.41, 5.74) is 0. The Kier molecular flexibility index (Phi) is 4.39. The van der Waals surface area contributed by atoms with E-state index in [9.17, 15) is 9.59 Å². The monoisotopic (exact) mass is 215 g/mol. The molecule has 2 atom stereocenters. The molecular weight excluding hydrogens is 198 g/mol. The fourth-order valence-electron chi connectivity index (χ4n) is 1.24. The molecule has 0 spiro atoms. The predicted molar refractivity (Wildman–Crippen MR) is 53.3 cm³/mol. The highest BCUT2D eigenvalue weighted by Gasteiger charge is 2.33. The highest BCUT2D eigenvalue weighted by Crippen LogP contribution is 2.37. The van der Waals surface area contributed by atoms with Crippen LogP contribution in [0.15, 0.2) is 0 Å². The molecule has 5 nitrogen and oxygen atoms in total. The molecule has 0 bridgehead atoms. The highest BCUT2D eigenvalue weighted by molar-refractivity contribution is 5.71. The number of carbonyl (C=O) groups is 2. The maximum Gasteiger partial charge on any atom is 0.406 e. The molecule has 1 amide bonds. The van der Waals surface area contributed by atoms with Crippen molar-refractivity contribution >= 4 is 12.1 Å². The van der Waals surface area contributed by atoms with Gasteiger partial charge in [-0.1, -0.05) is 6.92 Å². The van der Waals surface area contributed by atoms with Gasteiger partial charge in [0.2, 0.25) is 0 Å². The summed E-state index contributed by atoms with van der Waals surface area (Å²) in [6, 6.07) is 0. The Hall–Kier alpha value is -1.26. The molecule has 5 heteroatoms. The van der Waals surface area contributed by atoms with Crippen LogP contribution in [0.25, 0.3) is 0 Å². The van der Waals surface area contributed by atoms with Crippen molar-refractivity contribution in [2.45, 2.75) is 19.8 Å². The summed E-state index contributed by atoms with van der Waals surface area (Å²) >= 11 is 0. The molecule has 0 unspecified atom stereocenters. The van der Waals surface area contributed by atoms with E-state index in [4.69, 9.17) is 4.74 Å². The Morgan fingerprint density at radius 2 is 2.13 bits per heavy atom. The minimum absolute atomic E-state index is 0.191. The lowest BCUT2D eigenvalue weighted by Crippen LogP contribution is -2.26. The van der Waals surface area contributed by atoms with Crippen LogP contribution in [-0.2, 0) is 14.3 Å². The van der Waals surface area contributed by atoms with Crippen molar-refractivity contribution in [3.63, 3.8) is 0 Å². The lowest BCUT2D eigenvalue weighted by Gasteiger charge is -2.04. The summed E-state index contributed by atoms with van der Waals surface area (Å²) in [5, 5.41) is 2.41. The van der Waals surface area contributed by atoms with E-state index in [2.05, 4.69) is 17.0 Å². The zero-order valence-electron chi connectivity index (χ0n) is 9.12. The SMILES string of the molecule is COC(=O)NCCC(=O)OC[C@H]1C[C@@H]1C. The Morgan fingerprint density at radius 3 is 2.67 bits per heavy atom.